The number of aromatic nitrogens is 3. The summed E-state index contributed by atoms with van der Waals surface area (Å²) in [5.41, 5.74) is 1.54. The molecule has 0 fully saturated rings. The number of nitrogens with zero attached hydrogens (tertiary/aromatic N) is 3. The number of benzene rings is 2. The van der Waals surface area contributed by atoms with Crippen molar-refractivity contribution >= 4 is 45.7 Å². The Hall–Kier alpha value is -3.01. The van der Waals surface area contributed by atoms with Crippen molar-refractivity contribution in [2.24, 2.45) is 0 Å². The van der Waals surface area contributed by atoms with Gasteiger partial charge in [0.05, 0.1) is 18.5 Å². The fourth-order valence-electron chi connectivity index (χ4n) is 3.33. The second-order valence-corrected chi connectivity index (χ2v) is 9.52. The van der Waals surface area contributed by atoms with Crippen molar-refractivity contribution in [3.05, 3.63) is 104 Å². The van der Waals surface area contributed by atoms with Gasteiger partial charge in [0, 0.05) is 5.75 Å². The summed E-state index contributed by atoms with van der Waals surface area (Å²) in [5.74, 6) is 0.766. The largest absolute Gasteiger partial charge is 0.467 e. The van der Waals surface area contributed by atoms with E-state index in [1.807, 2.05) is 36.4 Å². The minimum absolute atomic E-state index is 0.202. The SMILES string of the molecule is O=c1c2sc(=S)n(Cc3ccco3)c2nc(SCc2ccccc2F)n1-c1ccccc1. The van der Waals surface area contributed by atoms with Gasteiger partial charge in [0.2, 0.25) is 0 Å². The van der Waals surface area contributed by atoms with Crippen LogP contribution in [0.2, 0.25) is 0 Å². The van der Waals surface area contributed by atoms with E-state index in [4.69, 9.17) is 21.6 Å². The molecular formula is C23H16FN3O2S3. The molecule has 0 aliphatic carbocycles. The molecule has 3 heterocycles. The van der Waals surface area contributed by atoms with Gasteiger partial charge in [-0.1, -0.05) is 59.5 Å². The van der Waals surface area contributed by atoms with Gasteiger partial charge in [0.15, 0.2) is 14.8 Å². The minimum atomic E-state index is -0.286. The molecule has 3 aromatic heterocycles. The van der Waals surface area contributed by atoms with Crippen molar-refractivity contribution in [1.82, 2.24) is 14.1 Å². The third kappa shape index (κ3) is 3.94. The van der Waals surface area contributed by atoms with Gasteiger partial charge in [-0.2, -0.15) is 0 Å². The summed E-state index contributed by atoms with van der Waals surface area (Å²) in [6, 6.07) is 19.6. The summed E-state index contributed by atoms with van der Waals surface area (Å²) in [7, 11) is 0. The van der Waals surface area contributed by atoms with E-state index in [-0.39, 0.29) is 11.4 Å². The third-order valence-electron chi connectivity index (χ3n) is 4.88. The highest BCUT2D eigenvalue weighted by Crippen LogP contribution is 2.28. The molecule has 9 heteroatoms. The first-order chi connectivity index (χ1) is 15.6. The maximum absolute atomic E-state index is 14.2. The molecule has 5 rings (SSSR count). The van der Waals surface area contributed by atoms with Crippen LogP contribution < -0.4 is 5.56 Å². The van der Waals surface area contributed by atoms with Crippen molar-refractivity contribution in [3.63, 3.8) is 0 Å². The number of thioether (sulfide) groups is 1. The number of para-hydroxylation sites is 1. The highest BCUT2D eigenvalue weighted by Gasteiger charge is 2.19. The lowest BCUT2D eigenvalue weighted by atomic mass is 10.2. The molecule has 0 saturated carbocycles. The van der Waals surface area contributed by atoms with Gasteiger partial charge in [-0.3, -0.25) is 13.9 Å². The monoisotopic (exact) mass is 481 g/mol. The van der Waals surface area contributed by atoms with Crippen molar-refractivity contribution in [1.29, 1.82) is 0 Å². The van der Waals surface area contributed by atoms with Crippen molar-refractivity contribution in [3.8, 4) is 5.69 Å². The quantitative estimate of drug-likeness (QED) is 0.168. The summed E-state index contributed by atoms with van der Waals surface area (Å²) in [5, 5.41) is 0.470. The Morgan fingerprint density at radius 2 is 1.84 bits per heavy atom. The summed E-state index contributed by atoms with van der Waals surface area (Å²) >= 11 is 8.08. The van der Waals surface area contributed by atoms with Gasteiger partial charge in [0.1, 0.15) is 16.3 Å². The van der Waals surface area contributed by atoms with Crippen LogP contribution in [-0.4, -0.2) is 14.1 Å². The summed E-state index contributed by atoms with van der Waals surface area (Å²) in [6.07, 6.45) is 1.60. The van der Waals surface area contributed by atoms with Crippen LogP contribution in [0.5, 0.6) is 0 Å². The van der Waals surface area contributed by atoms with E-state index in [1.165, 1.54) is 29.2 Å². The first-order valence-electron chi connectivity index (χ1n) is 9.72. The fraction of sp³-hybridized carbons (Fsp3) is 0.0870. The Bertz CT molecular complexity index is 1510. The summed E-state index contributed by atoms with van der Waals surface area (Å²) < 4.78 is 24.0. The number of thiazole rings is 1. The molecule has 0 atom stereocenters. The van der Waals surface area contributed by atoms with Crippen LogP contribution in [-0.2, 0) is 12.3 Å². The number of halogens is 1. The lowest BCUT2D eigenvalue weighted by molar-refractivity contribution is 0.495. The van der Waals surface area contributed by atoms with E-state index in [0.717, 1.165) is 5.76 Å². The number of hydrogen-bond acceptors (Lipinski definition) is 6. The Balaban J connectivity index is 1.67. The van der Waals surface area contributed by atoms with Crippen LogP contribution in [0.1, 0.15) is 11.3 Å². The molecule has 5 nitrogen and oxygen atoms in total. The average molecular weight is 482 g/mol. The predicted molar refractivity (Wildman–Crippen MR) is 128 cm³/mol. The van der Waals surface area contributed by atoms with Gasteiger partial charge in [-0.05, 0) is 48.1 Å². The normalized spacial score (nSPS) is 11.3. The van der Waals surface area contributed by atoms with E-state index >= 15 is 0 Å². The van der Waals surface area contributed by atoms with Gasteiger partial charge >= 0.3 is 0 Å². The zero-order chi connectivity index (χ0) is 22.1. The summed E-state index contributed by atoms with van der Waals surface area (Å²) in [4.78, 5) is 18.4. The molecule has 0 aliphatic heterocycles. The van der Waals surface area contributed by atoms with Crippen LogP contribution in [0.4, 0.5) is 4.39 Å². The van der Waals surface area contributed by atoms with E-state index in [2.05, 4.69) is 0 Å². The number of hydrogen-bond donors (Lipinski definition) is 0. The third-order valence-corrected chi connectivity index (χ3v) is 7.30. The molecule has 0 unspecified atom stereocenters. The molecule has 0 saturated heterocycles. The zero-order valence-corrected chi connectivity index (χ0v) is 19.1. The molecule has 0 radical (unpaired) electrons. The topological polar surface area (TPSA) is 53.0 Å². The van der Waals surface area contributed by atoms with E-state index in [9.17, 15) is 9.18 Å². The Labute approximate surface area is 195 Å². The molecule has 2 aromatic carbocycles. The molecule has 0 spiro atoms. The zero-order valence-electron chi connectivity index (χ0n) is 16.6. The second-order valence-electron chi connectivity index (χ2n) is 6.94. The second kappa shape index (κ2) is 8.85. The Morgan fingerprint density at radius 3 is 2.59 bits per heavy atom. The van der Waals surface area contributed by atoms with Crippen molar-refractivity contribution in [2.75, 3.05) is 0 Å². The standard InChI is InChI=1S/C23H16FN3O2S3/c24-18-11-5-4-7-15(18)14-31-22-25-20-19(21(28)27(22)16-8-2-1-3-9-16)32-23(30)26(20)13-17-10-6-12-29-17/h1-12H,13-14H2. The lowest BCUT2D eigenvalue weighted by Gasteiger charge is -2.13. The highest BCUT2D eigenvalue weighted by atomic mass is 32.2. The molecular weight excluding hydrogens is 465 g/mol. The Morgan fingerprint density at radius 1 is 1.06 bits per heavy atom. The lowest BCUT2D eigenvalue weighted by Crippen LogP contribution is -2.21. The minimum Gasteiger partial charge on any atom is -0.467 e. The Kier molecular flexibility index (Phi) is 5.77. The predicted octanol–water partition coefficient (Wildman–Crippen LogP) is 6.05. The van der Waals surface area contributed by atoms with E-state index in [0.29, 0.717) is 43.0 Å². The van der Waals surface area contributed by atoms with Gasteiger partial charge in [-0.15, -0.1) is 0 Å². The molecule has 160 valence electrons. The molecule has 0 N–H and O–H groups in total. The average Bonchev–Trinajstić information content (AvgIpc) is 3.43. The maximum Gasteiger partial charge on any atom is 0.278 e. The van der Waals surface area contributed by atoms with E-state index in [1.54, 1.807) is 39.7 Å². The van der Waals surface area contributed by atoms with Crippen LogP contribution in [0.25, 0.3) is 16.0 Å². The number of fused-ring (bicyclic) bond motifs is 1. The van der Waals surface area contributed by atoms with Crippen molar-refractivity contribution < 1.29 is 8.81 Å². The fourth-order valence-corrected chi connectivity index (χ4v) is 5.58. The number of furan rings is 1. The van der Waals surface area contributed by atoms with Crippen LogP contribution in [0.3, 0.4) is 0 Å². The smallest absolute Gasteiger partial charge is 0.278 e. The van der Waals surface area contributed by atoms with Crippen LogP contribution >= 0.6 is 35.3 Å². The number of rotatable bonds is 6. The highest BCUT2D eigenvalue weighted by molar-refractivity contribution is 7.98. The summed E-state index contributed by atoms with van der Waals surface area (Å²) in [6.45, 7) is 0.380. The van der Waals surface area contributed by atoms with Crippen LogP contribution in [0, 0.1) is 9.77 Å². The van der Waals surface area contributed by atoms with Crippen LogP contribution in [0.15, 0.2) is 87.4 Å². The molecule has 0 aliphatic rings. The molecule has 0 amide bonds. The van der Waals surface area contributed by atoms with Crippen molar-refractivity contribution in [2.45, 2.75) is 17.5 Å². The first kappa shape index (κ1) is 20.9. The first-order valence-corrected chi connectivity index (χ1v) is 11.9. The van der Waals surface area contributed by atoms with Gasteiger partial charge in [-0.25, -0.2) is 9.37 Å². The molecule has 5 aromatic rings. The molecule has 0 bridgehead atoms. The maximum atomic E-state index is 14.2. The molecule has 32 heavy (non-hydrogen) atoms. The van der Waals surface area contributed by atoms with Gasteiger partial charge < -0.3 is 4.42 Å². The van der Waals surface area contributed by atoms with E-state index < -0.39 is 0 Å². The van der Waals surface area contributed by atoms with Gasteiger partial charge in [0.25, 0.3) is 5.56 Å².